The molecule has 0 fully saturated rings. The molecule has 0 saturated carbocycles. The molecule has 0 aliphatic rings. The molecular weight excluding hydrogens is 408 g/mol. The molecule has 3 aromatic rings. The van der Waals surface area contributed by atoms with Crippen LogP contribution in [0.15, 0.2) is 59.5 Å². The predicted octanol–water partition coefficient (Wildman–Crippen LogP) is 5.76. The number of esters is 1. The van der Waals surface area contributed by atoms with Crippen molar-refractivity contribution >= 4 is 17.3 Å². The number of hydrogen-bond acceptors (Lipinski definition) is 7. The van der Waals surface area contributed by atoms with E-state index in [0.29, 0.717) is 29.4 Å². The van der Waals surface area contributed by atoms with Gasteiger partial charge in [-0.15, -0.1) is 0 Å². The molecule has 32 heavy (non-hydrogen) atoms. The highest BCUT2D eigenvalue weighted by molar-refractivity contribution is 5.90. The lowest BCUT2D eigenvalue weighted by molar-refractivity contribution is 0.00695. The van der Waals surface area contributed by atoms with Gasteiger partial charge in [-0.25, -0.2) is 9.78 Å². The molecule has 170 valence electrons. The van der Waals surface area contributed by atoms with Crippen molar-refractivity contribution in [2.45, 2.75) is 52.9 Å². The Bertz CT molecular complexity index is 1020. The zero-order valence-corrected chi connectivity index (χ0v) is 19.4. The van der Waals surface area contributed by atoms with Gasteiger partial charge in [0.05, 0.1) is 31.5 Å². The summed E-state index contributed by atoms with van der Waals surface area (Å²) in [7, 11) is 1.61. The Balaban J connectivity index is 1.96. The second-order valence-corrected chi connectivity index (χ2v) is 8.60. The number of carbonyl (C=O) groups is 1. The summed E-state index contributed by atoms with van der Waals surface area (Å²) in [5.41, 5.74) is 1.68. The van der Waals surface area contributed by atoms with Gasteiger partial charge in [-0.3, -0.25) is 0 Å². The molecule has 7 nitrogen and oxygen atoms in total. The maximum Gasteiger partial charge on any atom is 0.338 e. The van der Waals surface area contributed by atoms with E-state index in [1.54, 1.807) is 25.4 Å². The molecule has 0 spiro atoms. The van der Waals surface area contributed by atoms with E-state index in [1.807, 2.05) is 69.9 Å². The number of anilines is 2. The molecule has 1 aromatic heterocycles. The molecule has 0 aliphatic carbocycles. The first kappa shape index (κ1) is 23.2. The average molecular weight is 439 g/mol. The summed E-state index contributed by atoms with van der Waals surface area (Å²) in [5.74, 6) is 1.64. The molecule has 0 radical (unpaired) electrons. The van der Waals surface area contributed by atoms with Crippen molar-refractivity contribution < 1.29 is 23.4 Å². The van der Waals surface area contributed by atoms with E-state index in [2.05, 4.69) is 4.98 Å². The first-order valence-corrected chi connectivity index (χ1v) is 10.5. The first-order valence-electron chi connectivity index (χ1n) is 10.5. The molecule has 0 N–H and O–H groups in total. The summed E-state index contributed by atoms with van der Waals surface area (Å²) in [6, 6.07) is 13.0. The summed E-state index contributed by atoms with van der Waals surface area (Å²) in [4.78, 5) is 18.5. The van der Waals surface area contributed by atoms with Crippen LogP contribution in [0.5, 0.6) is 11.5 Å². The number of hydrogen-bond donors (Lipinski definition) is 0. The van der Waals surface area contributed by atoms with E-state index in [1.165, 1.54) is 6.39 Å². The number of oxazole rings is 1. The summed E-state index contributed by atoms with van der Waals surface area (Å²) in [6.07, 6.45) is 3.08. The first-order chi connectivity index (χ1) is 15.2. The fourth-order valence-corrected chi connectivity index (χ4v) is 3.10. The number of carbonyl (C=O) groups excluding carboxylic acids is 1. The molecule has 3 rings (SSSR count). The standard InChI is InChI=1S/C25H30N2O5/c1-17(2)31-23-13-20(11-12-22(23)29-6)27(15-21-14-26-16-30-21)19-9-7-18(8-10-19)24(28)32-25(3,4)5/h7-14,16-17H,15H2,1-6H3. The fourth-order valence-electron chi connectivity index (χ4n) is 3.10. The van der Waals surface area contributed by atoms with E-state index < -0.39 is 5.60 Å². The number of nitrogens with zero attached hydrogens (tertiary/aromatic N) is 2. The number of methoxy groups -OCH3 is 1. The highest BCUT2D eigenvalue weighted by atomic mass is 16.6. The van der Waals surface area contributed by atoms with Crippen molar-refractivity contribution in [3.8, 4) is 11.5 Å². The second kappa shape index (κ2) is 9.77. The molecule has 0 aliphatic heterocycles. The van der Waals surface area contributed by atoms with E-state index in [0.717, 1.165) is 11.4 Å². The van der Waals surface area contributed by atoms with Crippen molar-refractivity contribution in [1.29, 1.82) is 0 Å². The third-order valence-corrected chi connectivity index (χ3v) is 4.43. The highest BCUT2D eigenvalue weighted by Gasteiger charge is 2.20. The van der Waals surface area contributed by atoms with Gasteiger partial charge in [-0.1, -0.05) is 0 Å². The van der Waals surface area contributed by atoms with Crippen molar-refractivity contribution in [2.75, 3.05) is 12.0 Å². The lowest BCUT2D eigenvalue weighted by Gasteiger charge is -2.26. The monoisotopic (exact) mass is 438 g/mol. The zero-order valence-electron chi connectivity index (χ0n) is 19.4. The lowest BCUT2D eigenvalue weighted by atomic mass is 10.1. The normalized spacial score (nSPS) is 11.3. The quantitative estimate of drug-likeness (QED) is 0.414. The van der Waals surface area contributed by atoms with Crippen LogP contribution < -0.4 is 14.4 Å². The van der Waals surface area contributed by atoms with E-state index in [-0.39, 0.29) is 12.1 Å². The average Bonchev–Trinajstić information content (AvgIpc) is 3.24. The van der Waals surface area contributed by atoms with Crippen LogP contribution in [0.25, 0.3) is 0 Å². The Kier molecular flexibility index (Phi) is 7.08. The highest BCUT2D eigenvalue weighted by Crippen LogP contribution is 2.36. The van der Waals surface area contributed by atoms with Gasteiger partial charge < -0.3 is 23.5 Å². The van der Waals surface area contributed by atoms with Gasteiger partial charge in [-0.2, -0.15) is 0 Å². The number of ether oxygens (including phenoxy) is 3. The van der Waals surface area contributed by atoms with Crippen LogP contribution in [0, 0.1) is 0 Å². The maximum absolute atomic E-state index is 12.4. The molecule has 0 saturated heterocycles. The van der Waals surface area contributed by atoms with Gasteiger partial charge in [0.15, 0.2) is 17.9 Å². The van der Waals surface area contributed by atoms with Crippen LogP contribution in [0.1, 0.15) is 50.7 Å². The molecular formula is C25H30N2O5. The minimum Gasteiger partial charge on any atom is -0.493 e. The van der Waals surface area contributed by atoms with E-state index >= 15 is 0 Å². The van der Waals surface area contributed by atoms with Crippen molar-refractivity contribution in [3.63, 3.8) is 0 Å². The molecule has 0 unspecified atom stereocenters. The summed E-state index contributed by atoms with van der Waals surface area (Å²) < 4.78 is 22.3. The summed E-state index contributed by atoms with van der Waals surface area (Å²) in [5, 5.41) is 0. The van der Waals surface area contributed by atoms with Crippen LogP contribution in [0.2, 0.25) is 0 Å². The van der Waals surface area contributed by atoms with Crippen LogP contribution in [0.4, 0.5) is 11.4 Å². The van der Waals surface area contributed by atoms with Gasteiger partial charge >= 0.3 is 5.97 Å². The van der Waals surface area contributed by atoms with Crippen molar-refractivity contribution in [3.05, 3.63) is 66.4 Å². The predicted molar refractivity (Wildman–Crippen MR) is 123 cm³/mol. The Labute approximate surface area is 188 Å². The van der Waals surface area contributed by atoms with Gasteiger partial charge in [0.2, 0.25) is 0 Å². The van der Waals surface area contributed by atoms with Gasteiger partial charge in [0, 0.05) is 17.4 Å². The zero-order chi connectivity index (χ0) is 23.3. The SMILES string of the molecule is COc1ccc(N(Cc2cnco2)c2ccc(C(=O)OC(C)(C)C)cc2)cc1OC(C)C. The van der Waals surface area contributed by atoms with Gasteiger partial charge in [0.1, 0.15) is 11.4 Å². The lowest BCUT2D eigenvalue weighted by Crippen LogP contribution is -2.24. The Morgan fingerprint density at radius 2 is 1.75 bits per heavy atom. The van der Waals surface area contributed by atoms with Crippen LogP contribution in [-0.4, -0.2) is 29.8 Å². The Hall–Kier alpha value is -3.48. The van der Waals surface area contributed by atoms with Crippen LogP contribution in [0.3, 0.4) is 0 Å². The van der Waals surface area contributed by atoms with Crippen LogP contribution >= 0.6 is 0 Å². The number of benzene rings is 2. The largest absolute Gasteiger partial charge is 0.493 e. The number of aromatic nitrogens is 1. The fraction of sp³-hybridized carbons (Fsp3) is 0.360. The van der Waals surface area contributed by atoms with Crippen molar-refractivity contribution in [1.82, 2.24) is 4.98 Å². The third-order valence-electron chi connectivity index (χ3n) is 4.43. The Morgan fingerprint density at radius 3 is 2.31 bits per heavy atom. The third kappa shape index (κ3) is 6.03. The minimum absolute atomic E-state index is 0.00464. The molecule has 2 aromatic carbocycles. The molecule has 0 amide bonds. The van der Waals surface area contributed by atoms with Gasteiger partial charge in [0.25, 0.3) is 0 Å². The molecule has 0 bridgehead atoms. The van der Waals surface area contributed by atoms with E-state index in [4.69, 9.17) is 18.6 Å². The second-order valence-electron chi connectivity index (χ2n) is 8.60. The minimum atomic E-state index is -0.552. The molecule has 0 atom stereocenters. The van der Waals surface area contributed by atoms with E-state index in [9.17, 15) is 4.79 Å². The molecule has 1 heterocycles. The number of rotatable bonds is 8. The summed E-state index contributed by atoms with van der Waals surface area (Å²) >= 11 is 0. The Morgan fingerprint density at radius 1 is 1.06 bits per heavy atom. The van der Waals surface area contributed by atoms with Gasteiger partial charge in [-0.05, 0) is 71.0 Å². The topological polar surface area (TPSA) is 74.0 Å². The summed E-state index contributed by atoms with van der Waals surface area (Å²) in [6.45, 7) is 9.91. The smallest absolute Gasteiger partial charge is 0.338 e. The maximum atomic E-state index is 12.4. The molecule has 7 heteroatoms. The van der Waals surface area contributed by atoms with Crippen LogP contribution in [-0.2, 0) is 11.3 Å². The van der Waals surface area contributed by atoms with Crippen molar-refractivity contribution in [2.24, 2.45) is 0 Å².